The fourth-order valence-corrected chi connectivity index (χ4v) is 3.57. The zero-order chi connectivity index (χ0) is 24.2. The third-order valence-corrected chi connectivity index (χ3v) is 5.39. The highest BCUT2D eigenvalue weighted by atomic mass is 16.3. The lowest BCUT2D eigenvalue weighted by Gasteiger charge is -2.27. The average molecular weight is 457 g/mol. The molecule has 0 fully saturated rings. The van der Waals surface area contributed by atoms with E-state index in [0.29, 0.717) is 50.9 Å². The second kappa shape index (κ2) is 13.5. The molecule has 1 aromatic rings. The molecule has 3 N–H and O–H groups in total. The van der Waals surface area contributed by atoms with E-state index in [0.717, 1.165) is 10.6 Å². The maximum atomic E-state index is 13.0. The zero-order valence-corrected chi connectivity index (χ0v) is 19.0. The van der Waals surface area contributed by atoms with Crippen molar-refractivity contribution < 1.29 is 24.9 Å². The van der Waals surface area contributed by atoms with Crippen molar-refractivity contribution in [3.8, 4) is 0 Å². The number of aliphatic hydroxyl groups is 3. The molecule has 1 aromatic carbocycles. The summed E-state index contributed by atoms with van der Waals surface area (Å²) in [4.78, 5) is 36.6. The lowest BCUT2D eigenvalue weighted by molar-refractivity contribution is -0.138. The normalized spacial score (nSPS) is 15.4. The van der Waals surface area contributed by atoms with Crippen LogP contribution in [0.1, 0.15) is 39.0 Å². The molecule has 9 nitrogen and oxygen atoms in total. The Bertz CT molecular complexity index is 910. The lowest BCUT2D eigenvalue weighted by atomic mass is 10.0. The van der Waals surface area contributed by atoms with Gasteiger partial charge < -0.3 is 20.2 Å². The van der Waals surface area contributed by atoms with Crippen molar-refractivity contribution in [1.82, 2.24) is 4.90 Å². The molecule has 0 radical (unpaired) electrons. The Kier molecular flexibility index (Phi) is 10.7. The van der Waals surface area contributed by atoms with Crippen LogP contribution in [0.2, 0.25) is 0 Å². The van der Waals surface area contributed by atoms with Gasteiger partial charge in [0, 0.05) is 45.1 Å². The molecule has 0 saturated heterocycles. The molecule has 1 aliphatic rings. The molecule has 0 aromatic heterocycles. The summed E-state index contributed by atoms with van der Waals surface area (Å²) < 4.78 is 0. The van der Waals surface area contributed by atoms with Crippen LogP contribution in [0.3, 0.4) is 0 Å². The number of nitrogens with zero attached hydrogens (tertiary/aromatic N) is 4. The minimum Gasteiger partial charge on any atom is -0.396 e. The minimum atomic E-state index is -0.603. The maximum Gasteiger partial charge on any atom is 0.277 e. The lowest BCUT2D eigenvalue weighted by Crippen LogP contribution is -2.46. The van der Waals surface area contributed by atoms with Crippen LogP contribution in [0.15, 0.2) is 40.5 Å². The number of carbonyl (C=O) groups is 2. The summed E-state index contributed by atoms with van der Waals surface area (Å²) in [7, 11) is 0. The number of benzene rings is 1. The number of aliphatic imine (C=N–C) groups is 1. The van der Waals surface area contributed by atoms with Crippen LogP contribution in [0.4, 0.5) is 11.4 Å². The molecule has 1 heterocycles. The number of amides is 2. The highest BCUT2D eigenvalue weighted by molar-refractivity contribution is 6.50. The van der Waals surface area contributed by atoms with E-state index in [9.17, 15) is 9.59 Å². The molecule has 1 aliphatic heterocycles. The number of rotatable bonds is 13. The highest BCUT2D eigenvalue weighted by Crippen LogP contribution is 2.25. The molecule has 33 heavy (non-hydrogen) atoms. The average Bonchev–Trinajstić information content (AvgIpc) is 2.82. The van der Waals surface area contributed by atoms with Crippen LogP contribution in [-0.4, -0.2) is 77.2 Å². The largest absolute Gasteiger partial charge is 0.396 e. The van der Waals surface area contributed by atoms with Crippen LogP contribution in [-0.2, 0) is 9.59 Å². The topological polar surface area (TPSA) is 118 Å². The van der Waals surface area contributed by atoms with Gasteiger partial charge in [-0.3, -0.25) is 14.5 Å². The van der Waals surface area contributed by atoms with Gasteiger partial charge in [0.2, 0.25) is 0 Å². The molecule has 178 valence electrons. The number of aliphatic hydroxyl groups excluding tert-OH is 3. The summed E-state index contributed by atoms with van der Waals surface area (Å²) in [6.45, 7) is 10.6. The minimum absolute atomic E-state index is 0.0499. The molecule has 2 rings (SSSR count). The first kappa shape index (κ1) is 26.2. The molecular weight excluding hydrogens is 424 g/mol. The van der Waals surface area contributed by atoms with Crippen molar-refractivity contribution in [2.45, 2.75) is 39.0 Å². The van der Waals surface area contributed by atoms with E-state index in [1.807, 2.05) is 12.1 Å². The Morgan fingerprint density at radius 2 is 1.52 bits per heavy atom. The first-order chi connectivity index (χ1) is 16.0. The van der Waals surface area contributed by atoms with Crippen molar-refractivity contribution in [2.75, 3.05) is 44.4 Å². The summed E-state index contributed by atoms with van der Waals surface area (Å²) in [5.41, 5.74) is 1.66. The second-order valence-electron chi connectivity index (χ2n) is 7.75. The Hall–Kier alpha value is -3.06. The second-order valence-corrected chi connectivity index (χ2v) is 7.75. The SMILES string of the molecule is [C-]#[N+]C1=C(C)C(=Nc2ccc(N(CCCO)CCCO)cc2)C(=O)N(CCCCCO)C1=O. The number of hydrogen-bond donors (Lipinski definition) is 3. The van der Waals surface area contributed by atoms with E-state index in [2.05, 4.69) is 14.7 Å². The quantitative estimate of drug-likeness (QED) is 0.238. The zero-order valence-electron chi connectivity index (χ0n) is 19.0. The fraction of sp³-hybridized carbons (Fsp3) is 0.500. The van der Waals surface area contributed by atoms with Gasteiger partial charge in [0.15, 0.2) is 0 Å². The summed E-state index contributed by atoms with van der Waals surface area (Å²) in [6.07, 6.45) is 3.01. The molecule has 9 heteroatoms. The number of carbonyl (C=O) groups excluding carboxylic acids is 2. The monoisotopic (exact) mass is 456 g/mol. The molecular formula is C24H32N4O5. The molecule has 0 bridgehead atoms. The fourth-order valence-electron chi connectivity index (χ4n) is 3.57. The van der Waals surface area contributed by atoms with Crippen molar-refractivity contribution in [2.24, 2.45) is 4.99 Å². The van der Waals surface area contributed by atoms with Crippen LogP contribution in [0.25, 0.3) is 4.85 Å². The smallest absolute Gasteiger partial charge is 0.277 e. The predicted octanol–water partition coefficient (Wildman–Crippen LogP) is 2.05. The van der Waals surface area contributed by atoms with Crippen LogP contribution < -0.4 is 4.90 Å². The summed E-state index contributed by atoms with van der Waals surface area (Å²) >= 11 is 0. The van der Waals surface area contributed by atoms with Crippen molar-refractivity contribution in [3.63, 3.8) is 0 Å². The highest BCUT2D eigenvalue weighted by Gasteiger charge is 2.36. The first-order valence-corrected chi connectivity index (χ1v) is 11.2. The Balaban J connectivity index is 2.29. The standard InChI is InChI=1S/C24H32N4O5/c1-18-21(25-2)23(32)28(14-4-3-5-15-29)24(33)22(18)26-19-8-10-20(11-9-19)27(12-6-16-30)13-7-17-31/h8-11,29-31H,3-7,12-17H2,1H3. The molecule has 0 atom stereocenters. The third-order valence-electron chi connectivity index (χ3n) is 5.39. The molecule has 0 unspecified atom stereocenters. The van der Waals surface area contributed by atoms with Gasteiger partial charge in [-0.2, -0.15) is 0 Å². The summed E-state index contributed by atoms with van der Waals surface area (Å²) in [6, 6.07) is 7.22. The molecule has 0 spiro atoms. The van der Waals surface area contributed by atoms with Gasteiger partial charge in [0.25, 0.3) is 17.5 Å². The first-order valence-electron chi connectivity index (χ1n) is 11.2. The molecule has 2 amide bonds. The molecule has 0 aliphatic carbocycles. The van der Waals surface area contributed by atoms with E-state index in [4.69, 9.17) is 21.9 Å². The number of hydrogen-bond acceptors (Lipinski definition) is 7. The van der Waals surface area contributed by atoms with Crippen LogP contribution in [0, 0.1) is 6.57 Å². The number of unbranched alkanes of at least 4 members (excludes halogenated alkanes) is 2. The number of anilines is 1. The van der Waals surface area contributed by atoms with Gasteiger partial charge in [0.05, 0.1) is 12.3 Å². The van der Waals surface area contributed by atoms with Crippen LogP contribution in [0.5, 0.6) is 0 Å². The Morgan fingerprint density at radius 1 is 0.909 bits per heavy atom. The van der Waals surface area contributed by atoms with Crippen molar-refractivity contribution >= 4 is 28.9 Å². The van der Waals surface area contributed by atoms with Gasteiger partial charge in [-0.25, -0.2) is 9.84 Å². The summed E-state index contributed by atoms with van der Waals surface area (Å²) in [5.74, 6) is -1.13. The predicted molar refractivity (Wildman–Crippen MR) is 126 cm³/mol. The maximum absolute atomic E-state index is 13.0. The van der Waals surface area contributed by atoms with Gasteiger partial charge in [0.1, 0.15) is 5.71 Å². The van der Waals surface area contributed by atoms with E-state index in [1.165, 1.54) is 0 Å². The van der Waals surface area contributed by atoms with Crippen LogP contribution >= 0.6 is 0 Å². The van der Waals surface area contributed by atoms with E-state index < -0.39 is 11.8 Å². The Labute approximate surface area is 194 Å². The Morgan fingerprint density at radius 3 is 2.06 bits per heavy atom. The van der Waals surface area contributed by atoms with E-state index in [1.54, 1.807) is 19.1 Å². The third kappa shape index (κ3) is 6.96. The number of imide groups is 1. The van der Waals surface area contributed by atoms with Crippen molar-refractivity contribution in [1.29, 1.82) is 0 Å². The van der Waals surface area contributed by atoms with Gasteiger partial charge >= 0.3 is 0 Å². The summed E-state index contributed by atoms with van der Waals surface area (Å²) in [5, 5.41) is 27.2. The van der Waals surface area contributed by atoms with Crippen molar-refractivity contribution in [3.05, 3.63) is 47.0 Å². The van der Waals surface area contributed by atoms with E-state index >= 15 is 0 Å². The van der Waals surface area contributed by atoms with Gasteiger partial charge in [-0.1, -0.05) is 0 Å². The van der Waals surface area contributed by atoms with Gasteiger partial charge in [-0.05, 0) is 68.9 Å². The van der Waals surface area contributed by atoms with E-state index in [-0.39, 0.29) is 43.3 Å². The molecule has 0 saturated carbocycles. The van der Waals surface area contributed by atoms with Gasteiger partial charge in [-0.15, -0.1) is 0 Å².